The van der Waals surface area contributed by atoms with E-state index in [4.69, 9.17) is 22.5 Å². The third-order valence-corrected chi connectivity index (χ3v) is 2.46. The lowest BCUT2D eigenvalue weighted by Crippen LogP contribution is -2.23. The maximum atomic E-state index is 5.65. The van der Waals surface area contributed by atoms with Crippen LogP contribution in [0.4, 0.5) is 0 Å². The molecule has 0 aromatic carbocycles. The van der Waals surface area contributed by atoms with Crippen molar-refractivity contribution in [3.05, 3.63) is 0 Å². The first-order chi connectivity index (χ1) is 5.12. The summed E-state index contributed by atoms with van der Waals surface area (Å²) >= 11 is 11.3. The van der Waals surface area contributed by atoms with Gasteiger partial charge in [0.1, 0.15) is 5.54 Å². The van der Waals surface area contributed by atoms with Crippen molar-refractivity contribution < 1.29 is 0 Å². The molecule has 0 aliphatic heterocycles. The topological polar surface area (TPSA) is 12.4 Å². The minimum atomic E-state index is -1.17. The standard InChI is InChI=1S/C8H17Cl2NP/c1-7(2,3)6-8(4,5)11-12(9)10/h6H2,1-5H3/q+1. The van der Waals surface area contributed by atoms with Crippen molar-refractivity contribution in [3.63, 3.8) is 0 Å². The number of rotatable bonds is 2. The molecular weight excluding hydrogens is 212 g/mol. The fourth-order valence-electron chi connectivity index (χ4n) is 1.54. The Bertz CT molecular complexity index is 178. The van der Waals surface area contributed by atoms with Crippen LogP contribution in [0.2, 0.25) is 0 Å². The Morgan fingerprint density at radius 1 is 1.08 bits per heavy atom. The van der Waals surface area contributed by atoms with Gasteiger partial charge in [0, 0.05) is 0 Å². The first kappa shape index (κ1) is 12.7. The highest BCUT2D eigenvalue weighted by atomic mass is 35.9. The van der Waals surface area contributed by atoms with Crippen LogP contribution in [0.5, 0.6) is 0 Å². The highest BCUT2D eigenvalue weighted by Crippen LogP contribution is 2.42. The lowest BCUT2D eigenvalue weighted by Gasteiger charge is -2.25. The van der Waals surface area contributed by atoms with Gasteiger partial charge in [-0.25, -0.2) is 0 Å². The summed E-state index contributed by atoms with van der Waals surface area (Å²) in [5, 5.41) is 0. The van der Waals surface area contributed by atoms with Crippen LogP contribution in [0, 0.1) is 5.41 Å². The SMILES string of the molecule is CC(C)(C)CC(C)(C)N=[P+](Cl)Cl. The van der Waals surface area contributed by atoms with Gasteiger partial charge in [0.25, 0.3) is 0 Å². The Labute approximate surface area is 85.9 Å². The largest absolute Gasteiger partial charge is 0.439 e. The molecule has 0 atom stereocenters. The van der Waals surface area contributed by atoms with Gasteiger partial charge in [-0.2, -0.15) is 0 Å². The van der Waals surface area contributed by atoms with E-state index in [1.165, 1.54) is 0 Å². The van der Waals surface area contributed by atoms with E-state index in [-0.39, 0.29) is 11.0 Å². The second kappa shape index (κ2) is 4.26. The molecule has 0 saturated carbocycles. The highest BCUT2D eigenvalue weighted by Gasteiger charge is 2.29. The lowest BCUT2D eigenvalue weighted by atomic mass is 9.82. The number of hydrogen-bond donors (Lipinski definition) is 0. The van der Waals surface area contributed by atoms with Crippen LogP contribution in [-0.4, -0.2) is 5.54 Å². The summed E-state index contributed by atoms with van der Waals surface area (Å²) in [5.74, 6) is 0. The van der Waals surface area contributed by atoms with Crippen LogP contribution < -0.4 is 0 Å². The summed E-state index contributed by atoms with van der Waals surface area (Å²) in [6.45, 7) is 10.7. The molecule has 0 aromatic rings. The maximum absolute atomic E-state index is 5.65. The van der Waals surface area contributed by atoms with Crippen molar-refractivity contribution in [2.75, 3.05) is 0 Å². The van der Waals surface area contributed by atoms with E-state index in [2.05, 4.69) is 39.4 Å². The van der Waals surface area contributed by atoms with Crippen LogP contribution >= 0.6 is 28.9 Å². The summed E-state index contributed by atoms with van der Waals surface area (Å²) in [7, 11) is 0. The second-order valence-corrected chi connectivity index (χ2v) is 7.94. The molecule has 0 rings (SSSR count). The Morgan fingerprint density at radius 3 is 1.75 bits per heavy atom. The first-order valence-corrected chi connectivity index (χ1v) is 7.07. The lowest BCUT2D eigenvalue weighted by molar-refractivity contribution is 0.290. The van der Waals surface area contributed by atoms with Crippen LogP contribution in [0.15, 0.2) is 4.74 Å². The van der Waals surface area contributed by atoms with E-state index in [9.17, 15) is 0 Å². The van der Waals surface area contributed by atoms with Crippen molar-refractivity contribution in [1.29, 1.82) is 0 Å². The molecule has 0 saturated heterocycles. The fourth-order valence-corrected chi connectivity index (χ4v) is 3.25. The zero-order valence-corrected chi connectivity index (χ0v) is 10.8. The van der Waals surface area contributed by atoms with Crippen LogP contribution in [0.1, 0.15) is 41.0 Å². The summed E-state index contributed by atoms with van der Waals surface area (Å²) in [6, 6.07) is 0. The Hall–Kier alpha value is 0.680. The summed E-state index contributed by atoms with van der Waals surface area (Å²) in [4.78, 5) is 0. The van der Waals surface area contributed by atoms with E-state index >= 15 is 0 Å². The maximum Gasteiger partial charge on any atom is 0.439 e. The Balaban J connectivity index is 4.34. The summed E-state index contributed by atoms with van der Waals surface area (Å²) in [6.07, 6.45) is -0.174. The van der Waals surface area contributed by atoms with E-state index in [0.717, 1.165) is 6.42 Å². The van der Waals surface area contributed by atoms with E-state index in [0.29, 0.717) is 0 Å². The molecule has 0 radical (unpaired) electrons. The fraction of sp³-hybridized carbons (Fsp3) is 1.00. The molecule has 0 amide bonds. The molecule has 72 valence electrons. The first-order valence-electron chi connectivity index (χ1n) is 3.97. The van der Waals surface area contributed by atoms with Crippen molar-refractivity contribution in [3.8, 4) is 0 Å². The van der Waals surface area contributed by atoms with Crippen molar-refractivity contribution >= 4 is 28.9 Å². The smallest absolute Gasteiger partial charge is 0.0688 e. The van der Waals surface area contributed by atoms with Crippen LogP contribution in [0.25, 0.3) is 0 Å². The highest BCUT2D eigenvalue weighted by molar-refractivity contribution is 7.96. The van der Waals surface area contributed by atoms with Crippen molar-refractivity contribution in [2.45, 2.75) is 46.6 Å². The summed E-state index contributed by atoms with van der Waals surface area (Å²) in [5.41, 5.74) is 0.166. The van der Waals surface area contributed by atoms with Gasteiger partial charge in [-0.15, -0.1) is 0 Å². The minimum absolute atomic E-state index is 0.104. The number of halogens is 2. The Morgan fingerprint density at radius 2 is 1.50 bits per heavy atom. The molecule has 0 spiro atoms. The number of nitrogens with zero attached hydrogens (tertiary/aromatic N) is 1. The van der Waals surface area contributed by atoms with Crippen molar-refractivity contribution in [1.82, 2.24) is 0 Å². The van der Waals surface area contributed by atoms with Crippen LogP contribution in [0.3, 0.4) is 0 Å². The molecule has 0 aliphatic rings. The molecule has 4 heteroatoms. The summed E-state index contributed by atoms with van der Waals surface area (Å²) < 4.78 is 4.29. The van der Waals surface area contributed by atoms with Gasteiger partial charge in [0.15, 0.2) is 0 Å². The van der Waals surface area contributed by atoms with Gasteiger partial charge in [0.2, 0.25) is 22.5 Å². The molecule has 0 unspecified atom stereocenters. The minimum Gasteiger partial charge on any atom is -0.0688 e. The van der Waals surface area contributed by atoms with Crippen LogP contribution in [-0.2, 0) is 0 Å². The molecule has 0 heterocycles. The molecule has 0 bridgehead atoms. The molecular formula is C8H17Cl2NP+. The predicted molar refractivity (Wildman–Crippen MR) is 59.2 cm³/mol. The zero-order valence-electron chi connectivity index (χ0n) is 8.36. The van der Waals surface area contributed by atoms with Crippen molar-refractivity contribution in [2.24, 2.45) is 10.2 Å². The Kier molecular flexibility index (Phi) is 4.50. The third kappa shape index (κ3) is 7.34. The molecule has 0 aromatic heterocycles. The average Bonchev–Trinajstić information content (AvgIpc) is 1.48. The average molecular weight is 229 g/mol. The molecule has 0 fully saturated rings. The van der Waals surface area contributed by atoms with Gasteiger partial charge in [0.05, 0.1) is 0 Å². The quantitative estimate of drug-likeness (QED) is 0.579. The molecule has 0 N–H and O–H groups in total. The molecule has 12 heavy (non-hydrogen) atoms. The normalized spacial score (nSPS) is 12.9. The van der Waals surface area contributed by atoms with Gasteiger partial charge in [-0.3, -0.25) is 0 Å². The monoisotopic (exact) mass is 228 g/mol. The zero-order chi connectivity index (χ0) is 9.99. The third-order valence-electron chi connectivity index (χ3n) is 1.31. The van der Waals surface area contributed by atoms with Gasteiger partial charge in [-0.1, -0.05) is 25.5 Å². The van der Waals surface area contributed by atoms with Gasteiger partial charge < -0.3 is 0 Å². The van der Waals surface area contributed by atoms with E-state index < -0.39 is 6.42 Å². The second-order valence-electron chi connectivity index (χ2n) is 4.86. The van der Waals surface area contributed by atoms with Gasteiger partial charge >= 0.3 is 6.42 Å². The van der Waals surface area contributed by atoms with E-state index in [1.54, 1.807) is 0 Å². The predicted octanol–water partition coefficient (Wildman–Crippen LogP) is 5.17. The molecule has 1 nitrogen and oxygen atoms in total. The molecule has 0 aliphatic carbocycles. The number of hydrogen-bond acceptors (Lipinski definition) is 1. The van der Waals surface area contributed by atoms with Gasteiger partial charge in [-0.05, 0) is 25.7 Å². The van der Waals surface area contributed by atoms with E-state index in [1.807, 2.05) is 0 Å².